The molecule has 0 saturated heterocycles. The fourth-order valence-corrected chi connectivity index (χ4v) is 1.10. The van der Waals surface area contributed by atoms with Gasteiger partial charge in [0.15, 0.2) is 0 Å². The highest BCUT2D eigenvalue weighted by atomic mass is 16.1. The topological polar surface area (TPSA) is 61.1 Å². The Labute approximate surface area is 67.7 Å². The van der Waals surface area contributed by atoms with Gasteiger partial charge in [-0.25, -0.2) is 0 Å². The van der Waals surface area contributed by atoms with Crippen LogP contribution in [0.3, 0.4) is 0 Å². The largest absolute Gasteiger partial charge is 0.300 e. The van der Waals surface area contributed by atoms with Gasteiger partial charge in [-0.3, -0.25) is 9.31 Å². The van der Waals surface area contributed by atoms with Crippen LogP contribution in [-0.2, 0) is 0 Å². The van der Waals surface area contributed by atoms with E-state index in [2.05, 4.69) is 5.10 Å². The van der Waals surface area contributed by atoms with Crippen LogP contribution in [0.15, 0.2) is 29.3 Å². The number of rotatable bonds is 0. The minimum absolute atomic E-state index is 0.140. The maximum atomic E-state index is 11.4. The second-order valence-electron chi connectivity index (χ2n) is 2.39. The average Bonchev–Trinajstić information content (AvgIpc) is 2.53. The van der Waals surface area contributed by atoms with Crippen molar-refractivity contribution >= 4 is 5.52 Å². The van der Waals surface area contributed by atoms with Crippen molar-refractivity contribution in [3.63, 3.8) is 0 Å². The Morgan fingerprint density at radius 2 is 2.42 bits per heavy atom. The van der Waals surface area contributed by atoms with Gasteiger partial charge in [-0.15, -0.1) is 0 Å². The fourth-order valence-electron chi connectivity index (χ4n) is 1.10. The molecule has 0 atom stereocenters. The first-order valence-corrected chi connectivity index (χ1v) is 3.42. The first-order chi connectivity index (χ1) is 5.83. The SMILES string of the molecule is N#Cc1c[nH]n2cccc2c1=O. The van der Waals surface area contributed by atoms with E-state index in [1.54, 1.807) is 22.8 Å². The zero-order valence-corrected chi connectivity index (χ0v) is 6.11. The number of aromatic amines is 1. The second kappa shape index (κ2) is 2.24. The molecule has 0 aliphatic carbocycles. The standard InChI is InChI=1S/C8H5N3O/c9-4-6-5-10-11-3-1-2-7(11)8(6)12/h1-3,5,10H. The van der Waals surface area contributed by atoms with Crippen molar-refractivity contribution in [2.24, 2.45) is 0 Å². The van der Waals surface area contributed by atoms with Gasteiger partial charge in [0, 0.05) is 12.4 Å². The molecule has 4 heteroatoms. The van der Waals surface area contributed by atoms with E-state index in [1.807, 2.05) is 6.07 Å². The molecule has 2 aromatic rings. The van der Waals surface area contributed by atoms with Crippen LogP contribution in [-0.4, -0.2) is 9.61 Å². The Morgan fingerprint density at radius 3 is 3.17 bits per heavy atom. The summed E-state index contributed by atoms with van der Waals surface area (Å²) >= 11 is 0. The molecule has 0 saturated carbocycles. The normalized spacial score (nSPS) is 9.92. The van der Waals surface area contributed by atoms with Crippen LogP contribution < -0.4 is 5.43 Å². The maximum absolute atomic E-state index is 11.4. The molecule has 0 fully saturated rings. The zero-order chi connectivity index (χ0) is 8.55. The Kier molecular flexibility index (Phi) is 1.25. The number of nitrogens with one attached hydrogen (secondary N) is 1. The van der Waals surface area contributed by atoms with Gasteiger partial charge in [-0.05, 0) is 12.1 Å². The lowest BCUT2D eigenvalue weighted by atomic mass is 10.3. The summed E-state index contributed by atoms with van der Waals surface area (Å²) in [4.78, 5) is 11.4. The van der Waals surface area contributed by atoms with Crippen LogP contribution in [0, 0.1) is 11.3 Å². The van der Waals surface area contributed by atoms with E-state index in [1.165, 1.54) is 6.20 Å². The molecule has 2 rings (SSSR count). The summed E-state index contributed by atoms with van der Waals surface area (Å²) in [6, 6.07) is 5.23. The quantitative estimate of drug-likeness (QED) is 0.608. The summed E-state index contributed by atoms with van der Waals surface area (Å²) in [7, 11) is 0. The molecule has 4 nitrogen and oxygen atoms in total. The van der Waals surface area contributed by atoms with Gasteiger partial charge in [0.05, 0.1) is 0 Å². The summed E-state index contributed by atoms with van der Waals surface area (Å²) in [6.45, 7) is 0. The van der Waals surface area contributed by atoms with E-state index in [4.69, 9.17) is 5.26 Å². The number of hydrogen-bond donors (Lipinski definition) is 1. The van der Waals surface area contributed by atoms with Crippen LogP contribution in [0.4, 0.5) is 0 Å². The molecule has 12 heavy (non-hydrogen) atoms. The smallest absolute Gasteiger partial charge is 0.223 e. The van der Waals surface area contributed by atoms with E-state index < -0.39 is 0 Å². The maximum Gasteiger partial charge on any atom is 0.223 e. The number of nitriles is 1. The molecule has 0 aliphatic rings. The molecular weight excluding hydrogens is 154 g/mol. The molecule has 0 spiro atoms. The van der Waals surface area contributed by atoms with Gasteiger partial charge < -0.3 is 5.10 Å². The van der Waals surface area contributed by atoms with Crippen molar-refractivity contribution in [1.29, 1.82) is 5.26 Å². The highest BCUT2D eigenvalue weighted by molar-refractivity contribution is 5.50. The van der Waals surface area contributed by atoms with Gasteiger partial charge in [0.25, 0.3) is 0 Å². The summed E-state index contributed by atoms with van der Waals surface area (Å²) < 4.78 is 1.57. The van der Waals surface area contributed by atoms with Gasteiger partial charge in [0.1, 0.15) is 17.1 Å². The highest BCUT2D eigenvalue weighted by Gasteiger charge is 2.01. The minimum atomic E-state index is -0.235. The lowest BCUT2D eigenvalue weighted by Crippen LogP contribution is -2.10. The Hall–Kier alpha value is -2.02. The van der Waals surface area contributed by atoms with Crippen molar-refractivity contribution in [3.8, 4) is 6.07 Å². The molecule has 0 radical (unpaired) electrons. The summed E-state index contributed by atoms with van der Waals surface area (Å²) in [6.07, 6.45) is 3.12. The number of aromatic nitrogens is 2. The predicted octanol–water partition coefficient (Wildman–Crippen LogP) is 0.499. The van der Waals surface area contributed by atoms with E-state index in [9.17, 15) is 4.79 Å². The van der Waals surface area contributed by atoms with Crippen molar-refractivity contribution in [1.82, 2.24) is 9.61 Å². The van der Waals surface area contributed by atoms with E-state index in [0.717, 1.165) is 0 Å². The molecule has 0 aliphatic heterocycles. The summed E-state index contributed by atoms with van der Waals surface area (Å²) in [5, 5.41) is 11.3. The van der Waals surface area contributed by atoms with Gasteiger partial charge in [-0.2, -0.15) is 5.26 Å². The zero-order valence-electron chi connectivity index (χ0n) is 6.11. The Balaban J connectivity index is 3.00. The van der Waals surface area contributed by atoms with Crippen LogP contribution >= 0.6 is 0 Å². The van der Waals surface area contributed by atoms with Crippen molar-refractivity contribution in [2.45, 2.75) is 0 Å². The third-order valence-electron chi connectivity index (χ3n) is 1.69. The molecule has 58 valence electrons. The number of nitrogens with zero attached hydrogens (tertiary/aromatic N) is 2. The molecule has 0 aromatic carbocycles. The minimum Gasteiger partial charge on any atom is -0.300 e. The van der Waals surface area contributed by atoms with E-state index >= 15 is 0 Å². The molecule has 0 amide bonds. The lowest BCUT2D eigenvalue weighted by molar-refractivity contribution is 0.930. The summed E-state index contributed by atoms with van der Waals surface area (Å²) in [5.41, 5.74) is 0.400. The van der Waals surface area contributed by atoms with Crippen LogP contribution in [0.25, 0.3) is 5.52 Å². The predicted molar refractivity (Wildman–Crippen MR) is 42.7 cm³/mol. The van der Waals surface area contributed by atoms with Crippen LogP contribution in [0.1, 0.15) is 5.56 Å². The molecule has 0 bridgehead atoms. The van der Waals surface area contributed by atoms with Crippen molar-refractivity contribution in [3.05, 3.63) is 40.3 Å². The number of hydrogen-bond acceptors (Lipinski definition) is 2. The van der Waals surface area contributed by atoms with E-state index in [0.29, 0.717) is 5.52 Å². The number of fused-ring (bicyclic) bond motifs is 1. The summed E-state index contributed by atoms with van der Waals surface area (Å²) in [5.74, 6) is 0. The Morgan fingerprint density at radius 1 is 1.58 bits per heavy atom. The average molecular weight is 159 g/mol. The third kappa shape index (κ3) is 0.736. The van der Waals surface area contributed by atoms with Gasteiger partial charge in [-0.1, -0.05) is 0 Å². The first-order valence-electron chi connectivity index (χ1n) is 3.42. The third-order valence-corrected chi connectivity index (χ3v) is 1.69. The molecular formula is C8H5N3O. The Bertz CT molecular complexity index is 515. The monoisotopic (exact) mass is 159 g/mol. The van der Waals surface area contributed by atoms with E-state index in [-0.39, 0.29) is 11.0 Å². The van der Waals surface area contributed by atoms with Gasteiger partial charge in [0.2, 0.25) is 5.43 Å². The highest BCUT2D eigenvalue weighted by Crippen LogP contribution is 1.96. The number of H-pyrrole nitrogens is 1. The molecule has 0 unspecified atom stereocenters. The van der Waals surface area contributed by atoms with Crippen LogP contribution in [0.5, 0.6) is 0 Å². The first kappa shape index (κ1) is 6.68. The van der Waals surface area contributed by atoms with Gasteiger partial charge >= 0.3 is 0 Å². The fraction of sp³-hybridized carbons (Fsp3) is 0. The lowest BCUT2D eigenvalue weighted by Gasteiger charge is -1.93. The van der Waals surface area contributed by atoms with Crippen LogP contribution in [0.2, 0.25) is 0 Å². The molecule has 1 N–H and O–H groups in total. The second-order valence-corrected chi connectivity index (χ2v) is 2.39. The van der Waals surface area contributed by atoms with Crippen molar-refractivity contribution in [2.75, 3.05) is 0 Å². The molecule has 2 aromatic heterocycles. The molecule has 2 heterocycles. The van der Waals surface area contributed by atoms with Crippen molar-refractivity contribution < 1.29 is 0 Å².